The molecule has 2 rings (SSSR count). The van der Waals surface area contributed by atoms with Crippen molar-refractivity contribution in [3.05, 3.63) is 58.1 Å². The van der Waals surface area contributed by atoms with E-state index in [1.165, 1.54) is 6.92 Å². The van der Waals surface area contributed by atoms with E-state index in [1.807, 2.05) is 26.0 Å². The van der Waals surface area contributed by atoms with Gasteiger partial charge < -0.3 is 4.74 Å². The van der Waals surface area contributed by atoms with Gasteiger partial charge in [-0.15, -0.1) is 0 Å². The van der Waals surface area contributed by atoms with Crippen LogP contribution in [-0.4, -0.2) is 11.8 Å². The van der Waals surface area contributed by atoms with Gasteiger partial charge in [0.25, 0.3) is 5.91 Å². The fourth-order valence-corrected chi connectivity index (χ4v) is 2.13. The van der Waals surface area contributed by atoms with E-state index in [0.29, 0.717) is 22.1 Å². The summed E-state index contributed by atoms with van der Waals surface area (Å²) in [4.78, 5) is 22.7. The molecule has 0 radical (unpaired) electrons. The van der Waals surface area contributed by atoms with Crippen LogP contribution in [-0.2, 0) is 4.79 Å². The first-order valence-corrected chi connectivity index (χ1v) is 7.36. The van der Waals surface area contributed by atoms with Gasteiger partial charge in [0.2, 0.25) is 5.91 Å². The van der Waals surface area contributed by atoms with Crippen LogP contribution in [0.15, 0.2) is 36.4 Å². The lowest BCUT2D eigenvalue weighted by Gasteiger charge is -2.11. The molecule has 0 heterocycles. The Morgan fingerprint density at radius 1 is 1.00 bits per heavy atom. The van der Waals surface area contributed by atoms with Crippen LogP contribution in [0.1, 0.15) is 28.4 Å². The first-order chi connectivity index (χ1) is 10.9. The van der Waals surface area contributed by atoms with E-state index >= 15 is 0 Å². The number of benzene rings is 2. The Bertz CT molecular complexity index is 736. The third-order valence-electron chi connectivity index (χ3n) is 3.09. The second-order valence-electron chi connectivity index (χ2n) is 5.14. The van der Waals surface area contributed by atoms with E-state index in [-0.39, 0.29) is 5.91 Å². The predicted octanol–water partition coefficient (Wildman–Crippen LogP) is 3.53. The molecular weight excluding hydrogens is 316 g/mol. The average molecular weight is 333 g/mol. The van der Waals surface area contributed by atoms with E-state index in [4.69, 9.17) is 16.3 Å². The summed E-state index contributed by atoms with van der Waals surface area (Å²) in [5, 5.41) is 0.709. The summed E-state index contributed by atoms with van der Waals surface area (Å²) >= 11 is 6.14. The Morgan fingerprint density at radius 3 is 2.26 bits per heavy atom. The van der Waals surface area contributed by atoms with Crippen LogP contribution >= 0.6 is 11.6 Å². The first kappa shape index (κ1) is 16.8. The van der Waals surface area contributed by atoms with Crippen molar-refractivity contribution in [2.24, 2.45) is 0 Å². The zero-order valence-corrected chi connectivity index (χ0v) is 13.8. The molecule has 6 heteroatoms. The van der Waals surface area contributed by atoms with Gasteiger partial charge in [-0.2, -0.15) is 0 Å². The second-order valence-corrected chi connectivity index (χ2v) is 5.51. The second kappa shape index (κ2) is 7.15. The standard InChI is InChI=1S/C17H17ClN2O3/c1-10-7-15(8-11(2)16(10)18)23-14-6-4-5-13(9-14)17(22)20-19-12(3)21/h4-9H,1-3H3,(H,19,21)(H,20,22). The molecule has 0 aromatic heterocycles. The molecule has 0 atom stereocenters. The number of hydrogen-bond donors (Lipinski definition) is 2. The maximum absolute atomic E-state index is 11.9. The van der Waals surface area contributed by atoms with Crippen molar-refractivity contribution in [2.45, 2.75) is 20.8 Å². The summed E-state index contributed by atoms with van der Waals surface area (Å²) in [6.45, 7) is 5.12. The number of amides is 2. The van der Waals surface area contributed by atoms with Crippen LogP contribution in [0.4, 0.5) is 0 Å². The monoisotopic (exact) mass is 332 g/mol. The summed E-state index contributed by atoms with van der Waals surface area (Å²) in [5.41, 5.74) is 6.75. The normalized spacial score (nSPS) is 10.1. The molecule has 5 nitrogen and oxygen atoms in total. The molecule has 0 aliphatic heterocycles. The lowest BCUT2D eigenvalue weighted by molar-refractivity contribution is -0.119. The van der Waals surface area contributed by atoms with E-state index in [9.17, 15) is 9.59 Å². The molecule has 0 aliphatic carbocycles. The van der Waals surface area contributed by atoms with Gasteiger partial charge in [-0.05, 0) is 55.3 Å². The molecule has 120 valence electrons. The molecule has 2 aromatic rings. The Labute approximate surface area is 139 Å². The minimum atomic E-state index is -0.422. The highest BCUT2D eigenvalue weighted by Crippen LogP contribution is 2.29. The van der Waals surface area contributed by atoms with Gasteiger partial charge >= 0.3 is 0 Å². The molecule has 2 amide bonds. The Balaban J connectivity index is 2.17. The van der Waals surface area contributed by atoms with Gasteiger partial charge in [0.15, 0.2) is 0 Å². The van der Waals surface area contributed by atoms with Crippen LogP contribution in [0, 0.1) is 13.8 Å². The smallest absolute Gasteiger partial charge is 0.269 e. The van der Waals surface area contributed by atoms with Gasteiger partial charge in [0, 0.05) is 17.5 Å². The summed E-state index contributed by atoms with van der Waals surface area (Å²) in [5.74, 6) is 0.386. The highest BCUT2D eigenvalue weighted by molar-refractivity contribution is 6.32. The van der Waals surface area contributed by atoms with Crippen LogP contribution in [0.25, 0.3) is 0 Å². The number of carbonyl (C=O) groups is 2. The highest BCUT2D eigenvalue weighted by atomic mass is 35.5. The summed E-state index contributed by atoms with van der Waals surface area (Å²) in [6, 6.07) is 10.3. The molecule has 23 heavy (non-hydrogen) atoms. The van der Waals surface area contributed by atoms with Crippen LogP contribution in [0.5, 0.6) is 11.5 Å². The van der Waals surface area contributed by atoms with E-state index in [0.717, 1.165) is 11.1 Å². The van der Waals surface area contributed by atoms with Gasteiger partial charge in [-0.25, -0.2) is 0 Å². The van der Waals surface area contributed by atoms with Gasteiger partial charge in [0.1, 0.15) is 11.5 Å². The third-order valence-corrected chi connectivity index (χ3v) is 3.69. The maximum Gasteiger partial charge on any atom is 0.269 e. The van der Waals surface area contributed by atoms with E-state index < -0.39 is 5.91 Å². The average Bonchev–Trinajstić information content (AvgIpc) is 2.50. The number of hydrazine groups is 1. The molecule has 0 aliphatic rings. The minimum absolute atomic E-state index is 0.349. The van der Waals surface area contributed by atoms with Crippen molar-refractivity contribution >= 4 is 23.4 Å². The summed E-state index contributed by atoms with van der Waals surface area (Å²) < 4.78 is 5.79. The van der Waals surface area contributed by atoms with Crippen molar-refractivity contribution in [3.63, 3.8) is 0 Å². The third kappa shape index (κ3) is 4.47. The van der Waals surface area contributed by atoms with E-state index in [1.54, 1.807) is 24.3 Å². The SMILES string of the molecule is CC(=O)NNC(=O)c1cccc(Oc2cc(C)c(Cl)c(C)c2)c1. The topological polar surface area (TPSA) is 67.4 Å². The molecule has 0 saturated carbocycles. The van der Waals surface area contributed by atoms with Crippen LogP contribution in [0.3, 0.4) is 0 Å². The summed E-state index contributed by atoms with van der Waals surface area (Å²) in [6.07, 6.45) is 0. The molecule has 2 N–H and O–H groups in total. The van der Waals surface area contributed by atoms with Crippen molar-refractivity contribution in [1.29, 1.82) is 0 Å². The number of carbonyl (C=O) groups excluding carboxylic acids is 2. The van der Waals surface area contributed by atoms with Gasteiger partial charge in [-0.3, -0.25) is 20.4 Å². The van der Waals surface area contributed by atoms with Crippen molar-refractivity contribution in [3.8, 4) is 11.5 Å². The lowest BCUT2D eigenvalue weighted by atomic mass is 10.1. The molecular formula is C17H17ClN2O3. The molecule has 0 unspecified atom stereocenters. The number of nitrogens with one attached hydrogen (secondary N) is 2. The van der Waals surface area contributed by atoms with E-state index in [2.05, 4.69) is 10.9 Å². The van der Waals surface area contributed by atoms with Crippen molar-refractivity contribution in [1.82, 2.24) is 10.9 Å². The highest BCUT2D eigenvalue weighted by Gasteiger charge is 2.09. The zero-order chi connectivity index (χ0) is 17.0. The largest absolute Gasteiger partial charge is 0.457 e. The minimum Gasteiger partial charge on any atom is -0.457 e. The van der Waals surface area contributed by atoms with Gasteiger partial charge in [0.05, 0.1) is 0 Å². The molecule has 0 spiro atoms. The molecule has 0 bridgehead atoms. The quantitative estimate of drug-likeness (QED) is 0.845. The number of aryl methyl sites for hydroxylation is 2. The molecule has 0 fully saturated rings. The van der Waals surface area contributed by atoms with Crippen molar-refractivity contribution in [2.75, 3.05) is 0 Å². The number of halogens is 1. The number of ether oxygens (including phenoxy) is 1. The first-order valence-electron chi connectivity index (χ1n) is 6.98. The maximum atomic E-state index is 11.9. The fraction of sp³-hybridized carbons (Fsp3) is 0.176. The van der Waals surface area contributed by atoms with Crippen LogP contribution < -0.4 is 15.6 Å². The zero-order valence-electron chi connectivity index (χ0n) is 13.1. The Hall–Kier alpha value is -2.53. The predicted molar refractivity (Wildman–Crippen MR) is 88.7 cm³/mol. The summed E-state index contributed by atoms with van der Waals surface area (Å²) in [7, 11) is 0. The van der Waals surface area contributed by atoms with Crippen molar-refractivity contribution < 1.29 is 14.3 Å². The molecule has 0 saturated heterocycles. The lowest BCUT2D eigenvalue weighted by Crippen LogP contribution is -2.40. The Morgan fingerprint density at radius 2 is 1.65 bits per heavy atom. The van der Waals surface area contributed by atoms with Gasteiger partial charge in [-0.1, -0.05) is 17.7 Å². The number of hydrogen-bond acceptors (Lipinski definition) is 3. The Kier molecular flexibility index (Phi) is 5.24. The molecule has 2 aromatic carbocycles. The van der Waals surface area contributed by atoms with Crippen LogP contribution in [0.2, 0.25) is 5.02 Å². The fourth-order valence-electron chi connectivity index (χ4n) is 2.02. The number of rotatable bonds is 3.